The SMILES string of the molecule is CC.CCC(=O)c1ccc(O)c(C=O)n1. The van der Waals surface area contributed by atoms with E-state index in [-0.39, 0.29) is 22.9 Å². The number of Topliss-reactive ketones (excluding diaryl/α,β-unsaturated/α-hetero) is 1. The van der Waals surface area contributed by atoms with E-state index in [1.54, 1.807) is 6.92 Å². The van der Waals surface area contributed by atoms with Gasteiger partial charge in [-0.15, -0.1) is 0 Å². The molecule has 1 aromatic rings. The van der Waals surface area contributed by atoms with Crippen molar-refractivity contribution in [2.75, 3.05) is 0 Å². The van der Waals surface area contributed by atoms with Crippen LogP contribution in [0, 0.1) is 0 Å². The number of carbonyl (C=O) groups is 2. The zero-order chi connectivity index (χ0) is 11.8. The molecule has 82 valence electrons. The van der Waals surface area contributed by atoms with Crippen LogP contribution in [-0.4, -0.2) is 22.2 Å². The molecule has 0 aliphatic rings. The smallest absolute Gasteiger partial charge is 0.180 e. The maximum absolute atomic E-state index is 11.1. The van der Waals surface area contributed by atoms with Gasteiger partial charge in [0.25, 0.3) is 0 Å². The predicted octanol–water partition coefficient (Wildman–Crippen LogP) is 2.22. The number of ketones is 1. The Morgan fingerprint density at radius 1 is 1.47 bits per heavy atom. The van der Waals surface area contributed by atoms with Crippen molar-refractivity contribution in [3.63, 3.8) is 0 Å². The van der Waals surface area contributed by atoms with Gasteiger partial charge in [0.15, 0.2) is 12.1 Å². The standard InChI is InChI=1S/C9H9NO3.C2H6/c1-2-8(12)6-3-4-9(13)7(5-11)10-6;1-2/h3-5,13H,2H2,1H3;1-2H3. The molecule has 1 aromatic heterocycles. The van der Waals surface area contributed by atoms with Gasteiger partial charge in [-0.05, 0) is 12.1 Å². The number of rotatable bonds is 3. The lowest BCUT2D eigenvalue weighted by Gasteiger charge is -1.99. The lowest BCUT2D eigenvalue weighted by molar-refractivity contribution is 0.0983. The van der Waals surface area contributed by atoms with Crippen LogP contribution in [0.25, 0.3) is 0 Å². The van der Waals surface area contributed by atoms with Crippen molar-refractivity contribution in [2.24, 2.45) is 0 Å². The first-order valence-corrected chi connectivity index (χ1v) is 4.87. The van der Waals surface area contributed by atoms with Crippen molar-refractivity contribution in [3.05, 3.63) is 23.5 Å². The van der Waals surface area contributed by atoms with Gasteiger partial charge in [0, 0.05) is 6.42 Å². The lowest BCUT2D eigenvalue weighted by atomic mass is 10.2. The number of pyridine rings is 1. The molecular formula is C11H15NO3. The van der Waals surface area contributed by atoms with Crippen LogP contribution in [0.1, 0.15) is 48.2 Å². The summed E-state index contributed by atoms with van der Waals surface area (Å²) >= 11 is 0. The molecule has 0 atom stereocenters. The summed E-state index contributed by atoms with van der Waals surface area (Å²) in [7, 11) is 0. The molecule has 0 amide bonds. The first-order chi connectivity index (χ1) is 7.19. The fourth-order valence-electron chi connectivity index (χ4n) is 0.891. The number of hydrogen-bond donors (Lipinski definition) is 1. The van der Waals surface area contributed by atoms with Crippen LogP contribution in [0.5, 0.6) is 5.75 Å². The van der Waals surface area contributed by atoms with Crippen LogP contribution in [0.15, 0.2) is 12.1 Å². The fourth-order valence-corrected chi connectivity index (χ4v) is 0.891. The summed E-state index contributed by atoms with van der Waals surface area (Å²) in [6.45, 7) is 5.71. The minimum Gasteiger partial charge on any atom is -0.506 e. The predicted molar refractivity (Wildman–Crippen MR) is 57.3 cm³/mol. The molecule has 0 aliphatic carbocycles. The molecule has 4 heteroatoms. The monoisotopic (exact) mass is 209 g/mol. The normalized spacial score (nSPS) is 8.73. The molecule has 0 fully saturated rings. The second kappa shape index (κ2) is 6.70. The van der Waals surface area contributed by atoms with Crippen LogP contribution < -0.4 is 0 Å². The van der Waals surface area contributed by atoms with Gasteiger partial charge in [-0.1, -0.05) is 20.8 Å². The average Bonchev–Trinajstić information content (AvgIpc) is 2.31. The highest BCUT2D eigenvalue weighted by atomic mass is 16.3. The Hall–Kier alpha value is -1.71. The summed E-state index contributed by atoms with van der Waals surface area (Å²) < 4.78 is 0. The van der Waals surface area contributed by atoms with Gasteiger partial charge in [-0.25, -0.2) is 4.98 Å². The maximum atomic E-state index is 11.1. The number of carbonyl (C=O) groups excluding carboxylic acids is 2. The molecule has 0 spiro atoms. The van der Waals surface area contributed by atoms with Gasteiger partial charge in [-0.3, -0.25) is 9.59 Å². The molecule has 1 heterocycles. The molecule has 1 rings (SSSR count). The minimum absolute atomic E-state index is 0.0979. The Morgan fingerprint density at radius 2 is 2.07 bits per heavy atom. The maximum Gasteiger partial charge on any atom is 0.180 e. The minimum atomic E-state index is -0.206. The molecule has 1 N–H and O–H groups in total. The Kier molecular flexibility index (Phi) is 5.94. The van der Waals surface area contributed by atoms with Crippen LogP contribution in [-0.2, 0) is 0 Å². The first kappa shape index (κ1) is 13.3. The third kappa shape index (κ3) is 3.50. The van der Waals surface area contributed by atoms with E-state index < -0.39 is 0 Å². The third-order valence-electron chi connectivity index (χ3n) is 1.62. The highest BCUT2D eigenvalue weighted by molar-refractivity contribution is 5.95. The number of aldehydes is 1. The fraction of sp³-hybridized carbons (Fsp3) is 0.364. The van der Waals surface area contributed by atoms with Crippen LogP contribution in [0.3, 0.4) is 0 Å². The average molecular weight is 209 g/mol. The van der Waals surface area contributed by atoms with Crippen molar-refractivity contribution in [1.82, 2.24) is 4.98 Å². The van der Waals surface area contributed by atoms with Crippen molar-refractivity contribution >= 4 is 12.1 Å². The topological polar surface area (TPSA) is 67.3 Å². The molecule has 0 saturated carbocycles. The molecular weight excluding hydrogens is 194 g/mol. The summed E-state index contributed by atoms with van der Waals surface area (Å²) in [4.78, 5) is 25.2. The van der Waals surface area contributed by atoms with Crippen LogP contribution in [0.4, 0.5) is 0 Å². The molecule has 0 bridgehead atoms. The Balaban J connectivity index is 0.000000921. The van der Waals surface area contributed by atoms with E-state index in [1.165, 1.54) is 12.1 Å². The summed E-state index contributed by atoms with van der Waals surface area (Å²) in [6.07, 6.45) is 0.748. The van der Waals surface area contributed by atoms with Crippen LogP contribution >= 0.6 is 0 Å². The largest absolute Gasteiger partial charge is 0.506 e. The Bertz CT molecular complexity index is 348. The zero-order valence-electron chi connectivity index (χ0n) is 9.15. The van der Waals surface area contributed by atoms with Crippen molar-refractivity contribution in [2.45, 2.75) is 27.2 Å². The van der Waals surface area contributed by atoms with Gasteiger partial charge in [-0.2, -0.15) is 0 Å². The van der Waals surface area contributed by atoms with Crippen molar-refractivity contribution in [3.8, 4) is 5.75 Å². The van der Waals surface area contributed by atoms with Gasteiger partial charge in [0.1, 0.15) is 17.1 Å². The first-order valence-electron chi connectivity index (χ1n) is 4.87. The number of aromatic hydroxyl groups is 1. The van der Waals surface area contributed by atoms with E-state index in [9.17, 15) is 9.59 Å². The number of aromatic nitrogens is 1. The van der Waals surface area contributed by atoms with Gasteiger partial charge >= 0.3 is 0 Å². The Labute approximate surface area is 89.0 Å². The molecule has 15 heavy (non-hydrogen) atoms. The van der Waals surface area contributed by atoms with Crippen LogP contribution in [0.2, 0.25) is 0 Å². The molecule has 4 nitrogen and oxygen atoms in total. The zero-order valence-corrected chi connectivity index (χ0v) is 9.15. The number of hydrogen-bond acceptors (Lipinski definition) is 4. The summed E-state index contributed by atoms with van der Waals surface area (Å²) in [5.74, 6) is -0.356. The van der Waals surface area contributed by atoms with E-state index in [0.717, 1.165) is 0 Å². The second-order valence-electron chi connectivity index (χ2n) is 2.50. The van der Waals surface area contributed by atoms with E-state index in [0.29, 0.717) is 12.7 Å². The summed E-state index contributed by atoms with van der Waals surface area (Å²) in [6, 6.07) is 2.69. The molecule has 0 aliphatic heterocycles. The highest BCUT2D eigenvalue weighted by Gasteiger charge is 2.08. The third-order valence-corrected chi connectivity index (χ3v) is 1.62. The van der Waals surface area contributed by atoms with E-state index in [4.69, 9.17) is 5.11 Å². The van der Waals surface area contributed by atoms with Crippen molar-refractivity contribution < 1.29 is 14.7 Å². The second-order valence-corrected chi connectivity index (χ2v) is 2.50. The van der Waals surface area contributed by atoms with Gasteiger partial charge in [0.05, 0.1) is 0 Å². The van der Waals surface area contributed by atoms with E-state index >= 15 is 0 Å². The lowest BCUT2D eigenvalue weighted by Crippen LogP contribution is -2.02. The molecule has 0 aromatic carbocycles. The van der Waals surface area contributed by atoms with Gasteiger partial charge in [0.2, 0.25) is 0 Å². The molecule has 0 saturated heterocycles. The van der Waals surface area contributed by atoms with E-state index in [1.807, 2.05) is 13.8 Å². The molecule has 0 unspecified atom stereocenters. The number of nitrogens with zero attached hydrogens (tertiary/aromatic N) is 1. The Morgan fingerprint density at radius 3 is 2.53 bits per heavy atom. The highest BCUT2D eigenvalue weighted by Crippen LogP contribution is 2.13. The summed E-state index contributed by atoms with van der Waals surface area (Å²) in [5.41, 5.74) is 0.113. The van der Waals surface area contributed by atoms with Gasteiger partial charge < -0.3 is 5.11 Å². The molecule has 0 radical (unpaired) electrons. The van der Waals surface area contributed by atoms with E-state index in [2.05, 4.69) is 4.98 Å². The van der Waals surface area contributed by atoms with Crippen molar-refractivity contribution in [1.29, 1.82) is 0 Å². The summed E-state index contributed by atoms with van der Waals surface area (Å²) in [5, 5.41) is 9.08. The quantitative estimate of drug-likeness (QED) is 0.612.